The number of aromatic nitrogens is 1. The number of hydrogen-bond donors (Lipinski definition) is 3. The number of fused-ring (bicyclic) bond motifs is 2. The number of nitrogens with two attached hydrogens (primary N) is 3. The highest BCUT2D eigenvalue weighted by molar-refractivity contribution is 5.72. The van der Waals surface area contributed by atoms with E-state index in [9.17, 15) is 0 Å². The van der Waals surface area contributed by atoms with Crippen LogP contribution in [0.5, 0.6) is 11.6 Å². The molecule has 0 fully saturated rings. The van der Waals surface area contributed by atoms with Crippen LogP contribution in [0.15, 0.2) is 18.2 Å². The summed E-state index contributed by atoms with van der Waals surface area (Å²) in [4.78, 5) is 4.09. The van der Waals surface area contributed by atoms with Crippen LogP contribution in [0, 0.1) is 11.3 Å². The largest absolute Gasteiger partial charge is 0.438 e. The van der Waals surface area contributed by atoms with Crippen molar-refractivity contribution in [3.8, 4) is 17.7 Å². The van der Waals surface area contributed by atoms with Gasteiger partial charge in [0.25, 0.3) is 0 Å². The molecule has 2 aromatic rings. The highest BCUT2D eigenvalue weighted by atomic mass is 16.5. The number of nitrogens with zero attached hydrogens (tertiary/aromatic N) is 2. The Bertz CT molecular complexity index is 733. The quantitative estimate of drug-likeness (QED) is 0.520. The molecule has 6 N–H and O–H groups in total. The lowest BCUT2D eigenvalue weighted by Gasteiger charge is -2.21. The Morgan fingerprint density at radius 3 is 2.79 bits per heavy atom. The van der Waals surface area contributed by atoms with E-state index < -0.39 is 0 Å². The van der Waals surface area contributed by atoms with Crippen molar-refractivity contribution in [2.75, 3.05) is 17.2 Å². The predicted molar refractivity (Wildman–Crippen MR) is 71.5 cm³/mol. The van der Waals surface area contributed by atoms with Crippen molar-refractivity contribution in [2.24, 2.45) is 0 Å². The third-order valence-corrected chi connectivity index (χ3v) is 3.10. The molecule has 1 aliphatic heterocycles. The van der Waals surface area contributed by atoms with Crippen molar-refractivity contribution >= 4 is 17.2 Å². The first-order valence-corrected chi connectivity index (χ1v) is 5.64. The smallest absolute Gasteiger partial charge is 0.226 e. The fourth-order valence-electron chi connectivity index (χ4n) is 2.14. The van der Waals surface area contributed by atoms with Crippen LogP contribution in [0.2, 0.25) is 0 Å². The minimum absolute atomic E-state index is 0.0812. The maximum Gasteiger partial charge on any atom is 0.226 e. The van der Waals surface area contributed by atoms with E-state index in [4.69, 9.17) is 27.2 Å². The van der Waals surface area contributed by atoms with Crippen molar-refractivity contribution in [1.82, 2.24) is 4.98 Å². The molecule has 0 saturated carbocycles. The maximum atomic E-state index is 9.03. The number of rotatable bonds is 0. The van der Waals surface area contributed by atoms with Gasteiger partial charge in [-0.05, 0) is 18.2 Å². The van der Waals surface area contributed by atoms with Gasteiger partial charge in [-0.1, -0.05) is 0 Å². The Kier molecular flexibility index (Phi) is 2.22. The molecule has 6 nitrogen and oxygen atoms in total. The van der Waals surface area contributed by atoms with Crippen LogP contribution in [-0.4, -0.2) is 4.98 Å². The average Bonchev–Trinajstić information content (AvgIpc) is 2.38. The Balaban J connectivity index is 2.18. The van der Waals surface area contributed by atoms with Crippen molar-refractivity contribution < 1.29 is 4.74 Å². The number of benzene rings is 1. The summed E-state index contributed by atoms with van der Waals surface area (Å²) < 4.78 is 5.66. The van der Waals surface area contributed by atoms with E-state index in [0.29, 0.717) is 35.0 Å². The standard InChI is InChI=1S/C13H11N5O/c14-5-9-11(16)8-4-6-3-7(15)1-2-10(6)19-13(8)18-12(9)17/h1-3H,4,15H2,(H4,16,17,18). The Labute approximate surface area is 109 Å². The van der Waals surface area contributed by atoms with Gasteiger partial charge in [-0.25, -0.2) is 0 Å². The molecule has 1 aliphatic rings. The molecule has 94 valence electrons. The van der Waals surface area contributed by atoms with Crippen LogP contribution < -0.4 is 21.9 Å². The van der Waals surface area contributed by atoms with Gasteiger partial charge in [0.05, 0.1) is 5.69 Å². The number of nitriles is 1. The topological polar surface area (TPSA) is 124 Å². The predicted octanol–water partition coefficient (Wildman–Crippen LogP) is 1.40. The summed E-state index contributed by atoms with van der Waals surface area (Å²) in [5.74, 6) is 1.11. The molecular weight excluding hydrogens is 242 g/mol. The lowest BCUT2D eigenvalue weighted by atomic mass is 9.99. The molecule has 1 aromatic carbocycles. The van der Waals surface area contributed by atoms with Gasteiger partial charge in [-0.15, -0.1) is 0 Å². The van der Waals surface area contributed by atoms with Crippen LogP contribution in [0.4, 0.5) is 17.2 Å². The second-order valence-corrected chi connectivity index (χ2v) is 4.33. The summed E-state index contributed by atoms with van der Waals surface area (Å²) in [6.07, 6.45) is 0.517. The van der Waals surface area contributed by atoms with Gasteiger partial charge in [0.1, 0.15) is 23.2 Å². The van der Waals surface area contributed by atoms with E-state index >= 15 is 0 Å². The summed E-state index contributed by atoms with van der Waals surface area (Å²) >= 11 is 0. The van der Waals surface area contributed by atoms with Crippen LogP contribution >= 0.6 is 0 Å². The van der Waals surface area contributed by atoms with E-state index in [0.717, 1.165) is 5.56 Å². The summed E-state index contributed by atoms with van der Waals surface area (Å²) in [6.45, 7) is 0. The van der Waals surface area contributed by atoms with Crippen LogP contribution in [0.3, 0.4) is 0 Å². The molecule has 2 heterocycles. The van der Waals surface area contributed by atoms with Crippen LogP contribution in [-0.2, 0) is 6.42 Å². The third kappa shape index (κ3) is 1.60. The normalized spacial score (nSPS) is 11.9. The first kappa shape index (κ1) is 11.2. The minimum Gasteiger partial charge on any atom is -0.438 e. The van der Waals surface area contributed by atoms with Gasteiger partial charge in [0.15, 0.2) is 0 Å². The molecule has 0 spiro atoms. The average molecular weight is 253 g/mol. The van der Waals surface area contributed by atoms with Gasteiger partial charge < -0.3 is 21.9 Å². The maximum absolute atomic E-state index is 9.03. The molecule has 0 amide bonds. The third-order valence-electron chi connectivity index (χ3n) is 3.10. The fourth-order valence-corrected chi connectivity index (χ4v) is 2.14. The monoisotopic (exact) mass is 253 g/mol. The first-order chi connectivity index (χ1) is 9.10. The SMILES string of the molecule is N#Cc1c(N)nc2c(c1N)Cc1cc(N)ccc1O2. The molecule has 0 unspecified atom stereocenters. The summed E-state index contributed by atoms with van der Waals surface area (Å²) in [6, 6.07) is 7.30. The zero-order valence-electron chi connectivity index (χ0n) is 9.97. The zero-order valence-corrected chi connectivity index (χ0v) is 9.97. The van der Waals surface area contributed by atoms with Crippen LogP contribution in [0.1, 0.15) is 16.7 Å². The summed E-state index contributed by atoms with van der Waals surface area (Å²) in [5, 5.41) is 9.03. The number of nitrogen functional groups attached to an aromatic ring is 3. The van der Waals surface area contributed by atoms with Gasteiger partial charge in [-0.2, -0.15) is 10.2 Å². The van der Waals surface area contributed by atoms with E-state index in [2.05, 4.69) is 4.98 Å². The second kappa shape index (κ2) is 3.78. The Morgan fingerprint density at radius 2 is 2.05 bits per heavy atom. The number of hydrogen-bond acceptors (Lipinski definition) is 6. The lowest BCUT2D eigenvalue weighted by Crippen LogP contribution is -2.12. The van der Waals surface area contributed by atoms with Gasteiger partial charge >= 0.3 is 0 Å². The highest BCUT2D eigenvalue weighted by Gasteiger charge is 2.24. The molecule has 3 rings (SSSR count). The van der Waals surface area contributed by atoms with Gasteiger partial charge in [0, 0.05) is 23.2 Å². The van der Waals surface area contributed by atoms with E-state index in [1.165, 1.54) is 0 Å². The lowest BCUT2D eigenvalue weighted by molar-refractivity contribution is 0.442. The first-order valence-electron chi connectivity index (χ1n) is 5.64. The van der Waals surface area contributed by atoms with Crippen molar-refractivity contribution in [1.29, 1.82) is 5.26 Å². The number of pyridine rings is 1. The van der Waals surface area contributed by atoms with Gasteiger partial charge in [-0.3, -0.25) is 0 Å². The van der Waals surface area contributed by atoms with Crippen molar-refractivity contribution in [2.45, 2.75) is 6.42 Å². The fraction of sp³-hybridized carbons (Fsp3) is 0.0769. The molecule has 0 radical (unpaired) electrons. The molecular formula is C13H11N5O. The molecule has 0 saturated heterocycles. The molecule has 6 heteroatoms. The van der Waals surface area contributed by atoms with Crippen LogP contribution in [0.25, 0.3) is 0 Å². The number of ether oxygens (including phenoxy) is 1. The van der Waals surface area contributed by atoms with E-state index in [1.54, 1.807) is 12.1 Å². The minimum atomic E-state index is 0.0812. The molecule has 0 aliphatic carbocycles. The summed E-state index contributed by atoms with van der Waals surface area (Å²) in [5.41, 5.74) is 20.1. The summed E-state index contributed by atoms with van der Waals surface area (Å²) in [7, 11) is 0. The Morgan fingerprint density at radius 1 is 1.26 bits per heavy atom. The Hall–Kier alpha value is -2.94. The molecule has 1 aromatic heterocycles. The van der Waals surface area contributed by atoms with Gasteiger partial charge in [0.2, 0.25) is 5.88 Å². The molecule has 0 atom stereocenters. The zero-order chi connectivity index (χ0) is 13.6. The highest BCUT2D eigenvalue weighted by Crippen LogP contribution is 2.40. The molecule has 19 heavy (non-hydrogen) atoms. The second-order valence-electron chi connectivity index (χ2n) is 4.33. The van der Waals surface area contributed by atoms with E-state index in [-0.39, 0.29) is 11.4 Å². The number of anilines is 3. The van der Waals surface area contributed by atoms with Crippen molar-refractivity contribution in [3.05, 3.63) is 34.9 Å². The van der Waals surface area contributed by atoms with E-state index in [1.807, 2.05) is 12.1 Å². The van der Waals surface area contributed by atoms with Crippen molar-refractivity contribution in [3.63, 3.8) is 0 Å². The molecule has 0 bridgehead atoms.